The summed E-state index contributed by atoms with van der Waals surface area (Å²) >= 11 is 0. The third kappa shape index (κ3) is 3.67. The third-order valence-corrected chi connectivity index (χ3v) is 4.78. The van der Waals surface area contributed by atoms with E-state index in [0.29, 0.717) is 32.7 Å². The molecule has 0 spiro atoms. The van der Waals surface area contributed by atoms with Gasteiger partial charge in [-0.15, -0.1) is 0 Å². The van der Waals surface area contributed by atoms with E-state index in [1.54, 1.807) is 25.2 Å². The molecule has 25 heavy (non-hydrogen) atoms. The Morgan fingerprint density at radius 1 is 1.20 bits per heavy atom. The van der Waals surface area contributed by atoms with Crippen LogP contribution in [0.2, 0.25) is 0 Å². The molecule has 1 atom stereocenters. The standard InChI is InChI=1S/C18H24N4O3/c1-20(2)16(23)12-21-7-9-22(10-8-21)17(18(24)25)14-11-19-15-6-4-3-5-13(14)15/h3-6,11,17,19H,7-10,12H2,1-2H3,(H,24,25)/t17-/m0/s1. The Bertz CT molecular complexity index is 763. The average Bonchev–Trinajstić information content (AvgIpc) is 3.00. The van der Waals surface area contributed by atoms with E-state index in [4.69, 9.17) is 0 Å². The molecular formula is C18H24N4O3. The summed E-state index contributed by atoms with van der Waals surface area (Å²) < 4.78 is 0. The summed E-state index contributed by atoms with van der Waals surface area (Å²) in [6.45, 7) is 3.00. The number of carboxylic acids is 1. The van der Waals surface area contributed by atoms with Crippen LogP contribution in [0.25, 0.3) is 10.9 Å². The van der Waals surface area contributed by atoms with Gasteiger partial charge in [-0.25, -0.2) is 0 Å². The van der Waals surface area contributed by atoms with Gasteiger partial charge in [0.05, 0.1) is 6.54 Å². The van der Waals surface area contributed by atoms with E-state index in [-0.39, 0.29) is 5.91 Å². The van der Waals surface area contributed by atoms with E-state index in [0.717, 1.165) is 16.5 Å². The summed E-state index contributed by atoms with van der Waals surface area (Å²) in [7, 11) is 3.49. The zero-order valence-corrected chi connectivity index (χ0v) is 14.6. The predicted octanol–water partition coefficient (Wildman–Crippen LogP) is 0.999. The van der Waals surface area contributed by atoms with Crippen LogP contribution in [-0.2, 0) is 9.59 Å². The van der Waals surface area contributed by atoms with Crippen molar-refractivity contribution in [3.05, 3.63) is 36.0 Å². The molecule has 7 heteroatoms. The molecule has 0 radical (unpaired) electrons. The van der Waals surface area contributed by atoms with Crippen LogP contribution in [0.5, 0.6) is 0 Å². The number of para-hydroxylation sites is 1. The number of hydrogen-bond donors (Lipinski definition) is 2. The molecule has 0 unspecified atom stereocenters. The Hall–Kier alpha value is -2.38. The fraction of sp³-hybridized carbons (Fsp3) is 0.444. The molecule has 1 amide bonds. The summed E-state index contributed by atoms with van der Waals surface area (Å²) in [5.74, 6) is -0.776. The minimum Gasteiger partial charge on any atom is -0.480 e. The number of rotatable bonds is 5. The number of benzene rings is 1. The molecule has 1 saturated heterocycles. The molecule has 1 aliphatic heterocycles. The van der Waals surface area contributed by atoms with Gasteiger partial charge >= 0.3 is 5.97 Å². The molecule has 2 heterocycles. The first-order valence-corrected chi connectivity index (χ1v) is 8.42. The van der Waals surface area contributed by atoms with Crippen LogP contribution >= 0.6 is 0 Å². The van der Waals surface area contributed by atoms with Gasteiger partial charge in [0, 0.05) is 62.9 Å². The SMILES string of the molecule is CN(C)C(=O)CN1CCN([C@H](C(=O)O)c2c[nH]c3ccccc23)CC1. The molecule has 1 aromatic carbocycles. The number of nitrogens with one attached hydrogen (secondary N) is 1. The number of H-pyrrole nitrogens is 1. The van der Waals surface area contributed by atoms with Crippen LogP contribution < -0.4 is 0 Å². The highest BCUT2D eigenvalue weighted by Crippen LogP contribution is 2.29. The minimum atomic E-state index is -0.845. The number of carbonyl (C=O) groups is 2. The molecular weight excluding hydrogens is 320 g/mol. The van der Waals surface area contributed by atoms with E-state index >= 15 is 0 Å². The molecule has 1 aromatic heterocycles. The monoisotopic (exact) mass is 344 g/mol. The maximum Gasteiger partial charge on any atom is 0.325 e. The Labute approximate surface area is 146 Å². The van der Waals surface area contributed by atoms with Crippen molar-refractivity contribution in [2.45, 2.75) is 6.04 Å². The first-order chi connectivity index (χ1) is 12.0. The Morgan fingerprint density at radius 3 is 2.52 bits per heavy atom. The molecule has 0 aliphatic carbocycles. The lowest BCUT2D eigenvalue weighted by Gasteiger charge is -2.37. The van der Waals surface area contributed by atoms with Crippen LogP contribution in [0.1, 0.15) is 11.6 Å². The number of aromatic nitrogens is 1. The van der Waals surface area contributed by atoms with E-state index in [2.05, 4.69) is 9.88 Å². The molecule has 134 valence electrons. The fourth-order valence-electron chi connectivity index (χ4n) is 3.32. The second kappa shape index (κ2) is 7.25. The largest absolute Gasteiger partial charge is 0.480 e. The van der Waals surface area contributed by atoms with Crippen LogP contribution in [0.3, 0.4) is 0 Å². The maximum atomic E-state index is 12.0. The van der Waals surface area contributed by atoms with Crippen LogP contribution in [0.4, 0.5) is 0 Å². The Morgan fingerprint density at radius 2 is 1.88 bits per heavy atom. The van der Waals surface area contributed by atoms with Crippen LogP contribution in [-0.4, -0.2) is 83.5 Å². The van der Waals surface area contributed by atoms with Crippen LogP contribution in [0, 0.1) is 0 Å². The average molecular weight is 344 g/mol. The van der Waals surface area contributed by atoms with E-state index in [1.807, 2.05) is 29.2 Å². The summed E-state index contributed by atoms with van der Waals surface area (Å²) in [6.07, 6.45) is 1.80. The maximum absolute atomic E-state index is 12.0. The van der Waals surface area contributed by atoms with Gasteiger partial charge in [-0.3, -0.25) is 19.4 Å². The van der Waals surface area contributed by atoms with Crippen molar-refractivity contribution in [3.8, 4) is 0 Å². The first kappa shape index (κ1) is 17.4. The second-order valence-corrected chi connectivity index (χ2v) is 6.63. The minimum absolute atomic E-state index is 0.0693. The summed E-state index contributed by atoms with van der Waals surface area (Å²) in [5.41, 5.74) is 1.74. The number of likely N-dealkylation sites (N-methyl/N-ethyl adjacent to an activating group) is 1. The number of nitrogens with zero attached hydrogens (tertiary/aromatic N) is 3. The van der Waals surface area contributed by atoms with E-state index in [9.17, 15) is 14.7 Å². The highest BCUT2D eigenvalue weighted by atomic mass is 16.4. The van der Waals surface area contributed by atoms with Crippen molar-refractivity contribution in [3.63, 3.8) is 0 Å². The van der Waals surface area contributed by atoms with E-state index < -0.39 is 12.0 Å². The van der Waals surface area contributed by atoms with Crippen molar-refractivity contribution in [2.24, 2.45) is 0 Å². The summed E-state index contributed by atoms with van der Waals surface area (Å²) in [6, 6.07) is 7.07. The number of fused-ring (bicyclic) bond motifs is 1. The van der Waals surface area contributed by atoms with Gasteiger partial charge in [0.2, 0.25) is 5.91 Å². The molecule has 3 rings (SSSR count). The van der Waals surface area contributed by atoms with Gasteiger partial charge in [-0.1, -0.05) is 18.2 Å². The number of amides is 1. The number of hydrogen-bond acceptors (Lipinski definition) is 4. The zero-order chi connectivity index (χ0) is 18.0. The number of carboxylic acid groups (broad SMARTS) is 1. The smallest absolute Gasteiger partial charge is 0.325 e. The Balaban J connectivity index is 1.73. The topological polar surface area (TPSA) is 79.9 Å². The number of aliphatic carboxylic acids is 1. The van der Waals surface area contributed by atoms with Crippen molar-refractivity contribution in [1.29, 1.82) is 0 Å². The highest BCUT2D eigenvalue weighted by molar-refractivity contribution is 5.89. The van der Waals surface area contributed by atoms with Crippen molar-refractivity contribution in [1.82, 2.24) is 19.7 Å². The van der Waals surface area contributed by atoms with Gasteiger partial charge < -0.3 is 15.0 Å². The Kier molecular flexibility index (Phi) is 5.06. The number of carbonyl (C=O) groups excluding carboxylic acids is 1. The molecule has 0 bridgehead atoms. The van der Waals surface area contributed by atoms with Gasteiger partial charge in [0.25, 0.3) is 0 Å². The number of aromatic amines is 1. The third-order valence-electron chi connectivity index (χ3n) is 4.78. The van der Waals surface area contributed by atoms with Gasteiger partial charge in [-0.2, -0.15) is 0 Å². The van der Waals surface area contributed by atoms with E-state index in [1.165, 1.54) is 0 Å². The quantitative estimate of drug-likeness (QED) is 0.846. The van der Waals surface area contributed by atoms with Crippen molar-refractivity contribution >= 4 is 22.8 Å². The molecule has 2 N–H and O–H groups in total. The number of piperazine rings is 1. The molecule has 7 nitrogen and oxygen atoms in total. The van der Waals surface area contributed by atoms with Gasteiger partial charge in [0.15, 0.2) is 0 Å². The van der Waals surface area contributed by atoms with Crippen LogP contribution in [0.15, 0.2) is 30.5 Å². The summed E-state index contributed by atoms with van der Waals surface area (Å²) in [4.78, 5) is 32.6. The molecule has 2 aromatic rings. The van der Waals surface area contributed by atoms with Gasteiger partial charge in [-0.05, 0) is 6.07 Å². The highest BCUT2D eigenvalue weighted by Gasteiger charge is 2.32. The van der Waals surface area contributed by atoms with Gasteiger partial charge in [0.1, 0.15) is 6.04 Å². The normalized spacial score (nSPS) is 17.5. The first-order valence-electron chi connectivity index (χ1n) is 8.42. The molecule has 0 saturated carbocycles. The lowest BCUT2D eigenvalue weighted by atomic mass is 10.0. The molecule has 1 aliphatic rings. The second-order valence-electron chi connectivity index (χ2n) is 6.63. The zero-order valence-electron chi connectivity index (χ0n) is 14.6. The van der Waals surface area contributed by atoms with Crippen molar-refractivity contribution in [2.75, 3.05) is 46.8 Å². The lowest BCUT2D eigenvalue weighted by Crippen LogP contribution is -2.51. The molecule has 1 fully saturated rings. The van der Waals surface area contributed by atoms with Crippen molar-refractivity contribution < 1.29 is 14.7 Å². The predicted molar refractivity (Wildman–Crippen MR) is 95.4 cm³/mol. The fourth-order valence-corrected chi connectivity index (χ4v) is 3.32. The lowest BCUT2D eigenvalue weighted by molar-refractivity contribution is -0.145. The summed E-state index contributed by atoms with van der Waals surface area (Å²) in [5, 5.41) is 10.8.